The van der Waals surface area contributed by atoms with Crippen molar-refractivity contribution < 1.29 is 12.8 Å². The van der Waals surface area contributed by atoms with Crippen LogP contribution in [0.3, 0.4) is 0 Å². The second kappa shape index (κ2) is 6.21. The fourth-order valence-electron chi connectivity index (χ4n) is 1.76. The molecule has 0 saturated carbocycles. The lowest BCUT2D eigenvalue weighted by Gasteiger charge is -2.14. The van der Waals surface area contributed by atoms with Gasteiger partial charge in [0.1, 0.15) is 4.90 Å². The molecule has 20 heavy (non-hydrogen) atoms. The third-order valence-corrected chi connectivity index (χ3v) is 4.65. The van der Waals surface area contributed by atoms with E-state index in [1.807, 2.05) is 0 Å². The molecular formula is C12H18N4O3S. The van der Waals surface area contributed by atoms with Gasteiger partial charge in [-0.05, 0) is 19.0 Å². The zero-order chi connectivity index (χ0) is 14.6. The van der Waals surface area contributed by atoms with Crippen molar-refractivity contribution in [1.29, 1.82) is 0 Å². The van der Waals surface area contributed by atoms with Crippen molar-refractivity contribution in [3.05, 3.63) is 36.5 Å². The number of aromatic nitrogens is 2. The molecule has 0 fully saturated rings. The Morgan fingerprint density at radius 2 is 2.30 bits per heavy atom. The van der Waals surface area contributed by atoms with E-state index in [-0.39, 0.29) is 11.4 Å². The van der Waals surface area contributed by atoms with E-state index < -0.39 is 10.0 Å². The van der Waals surface area contributed by atoms with Gasteiger partial charge in [0, 0.05) is 31.9 Å². The monoisotopic (exact) mass is 298 g/mol. The molecule has 0 aromatic carbocycles. The van der Waals surface area contributed by atoms with Crippen molar-refractivity contribution >= 4 is 10.0 Å². The molecule has 0 radical (unpaired) electrons. The van der Waals surface area contributed by atoms with Crippen molar-refractivity contribution in [1.82, 2.24) is 14.1 Å². The number of nitrogens with zero attached hydrogens (tertiary/aromatic N) is 3. The maximum atomic E-state index is 12.4. The minimum Gasteiger partial charge on any atom is -0.472 e. The first kappa shape index (κ1) is 14.8. The lowest BCUT2D eigenvalue weighted by atomic mass is 10.3. The van der Waals surface area contributed by atoms with Gasteiger partial charge in [-0.2, -0.15) is 9.40 Å². The molecule has 7 nitrogen and oxygen atoms in total. The summed E-state index contributed by atoms with van der Waals surface area (Å²) in [5.74, 6) is 0. The lowest BCUT2D eigenvalue weighted by molar-refractivity contribution is 0.463. The summed E-state index contributed by atoms with van der Waals surface area (Å²) in [5, 5.41) is 4.04. The highest BCUT2D eigenvalue weighted by Crippen LogP contribution is 2.16. The van der Waals surface area contributed by atoms with E-state index in [1.165, 1.54) is 36.3 Å². The van der Waals surface area contributed by atoms with Gasteiger partial charge in [-0.25, -0.2) is 8.42 Å². The average Bonchev–Trinajstić information content (AvgIpc) is 3.07. The van der Waals surface area contributed by atoms with Gasteiger partial charge in [-0.3, -0.25) is 4.68 Å². The first-order valence-corrected chi connectivity index (χ1v) is 7.68. The maximum Gasteiger partial charge on any atom is 0.246 e. The number of aryl methyl sites for hydroxylation is 1. The Morgan fingerprint density at radius 1 is 1.50 bits per heavy atom. The van der Waals surface area contributed by atoms with Gasteiger partial charge in [0.2, 0.25) is 10.0 Å². The van der Waals surface area contributed by atoms with Crippen molar-refractivity contribution in [3.8, 4) is 0 Å². The Morgan fingerprint density at radius 3 is 2.95 bits per heavy atom. The zero-order valence-corrected chi connectivity index (χ0v) is 12.1. The van der Waals surface area contributed by atoms with Crippen LogP contribution in [0.5, 0.6) is 0 Å². The van der Waals surface area contributed by atoms with E-state index >= 15 is 0 Å². The predicted octanol–water partition coefficient (Wildman–Crippen LogP) is 0.646. The molecule has 0 bridgehead atoms. The van der Waals surface area contributed by atoms with Gasteiger partial charge >= 0.3 is 0 Å². The summed E-state index contributed by atoms with van der Waals surface area (Å²) in [6.07, 6.45) is 6.68. The van der Waals surface area contributed by atoms with Crippen molar-refractivity contribution in [3.63, 3.8) is 0 Å². The molecule has 2 aromatic rings. The highest BCUT2D eigenvalue weighted by molar-refractivity contribution is 7.89. The molecule has 0 amide bonds. The van der Waals surface area contributed by atoms with E-state index in [2.05, 4.69) is 5.10 Å². The zero-order valence-electron chi connectivity index (χ0n) is 11.3. The van der Waals surface area contributed by atoms with E-state index in [1.54, 1.807) is 10.7 Å². The van der Waals surface area contributed by atoms with Crippen LogP contribution in [0.4, 0.5) is 0 Å². The molecule has 0 aliphatic rings. The van der Waals surface area contributed by atoms with Crippen LogP contribution in [0.15, 0.2) is 40.3 Å². The molecule has 110 valence electrons. The molecular weight excluding hydrogens is 280 g/mol. The van der Waals surface area contributed by atoms with Gasteiger partial charge in [0.05, 0.1) is 18.7 Å². The van der Waals surface area contributed by atoms with Crippen LogP contribution in [0, 0.1) is 0 Å². The molecule has 2 rings (SSSR count). The summed E-state index contributed by atoms with van der Waals surface area (Å²) >= 11 is 0. The van der Waals surface area contributed by atoms with Crippen molar-refractivity contribution in [2.45, 2.75) is 24.4 Å². The molecule has 0 spiro atoms. The van der Waals surface area contributed by atoms with Crippen LogP contribution in [0.2, 0.25) is 0 Å². The molecule has 0 saturated heterocycles. The summed E-state index contributed by atoms with van der Waals surface area (Å²) < 4.78 is 32.5. The lowest BCUT2D eigenvalue weighted by Crippen LogP contribution is -2.26. The summed E-state index contributed by atoms with van der Waals surface area (Å²) in [6, 6.07) is 1.73. The highest BCUT2D eigenvalue weighted by atomic mass is 32.2. The third-order valence-electron chi connectivity index (χ3n) is 2.89. The quantitative estimate of drug-likeness (QED) is 0.809. The number of hydrogen-bond donors (Lipinski definition) is 1. The first-order chi connectivity index (χ1) is 9.54. The van der Waals surface area contributed by atoms with Gasteiger partial charge in [0.25, 0.3) is 0 Å². The summed E-state index contributed by atoms with van der Waals surface area (Å²) in [5.41, 5.74) is 6.21. The van der Waals surface area contributed by atoms with Gasteiger partial charge < -0.3 is 10.2 Å². The SMILES string of the molecule is CN(Cc1ccoc1)S(=O)(=O)c1cnn(CCCN)c1. The number of hydrogen-bond acceptors (Lipinski definition) is 5. The van der Waals surface area contributed by atoms with E-state index in [0.29, 0.717) is 13.1 Å². The predicted molar refractivity (Wildman–Crippen MR) is 73.3 cm³/mol. The molecule has 2 heterocycles. The van der Waals surface area contributed by atoms with Crippen LogP contribution in [0.1, 0.15) is 12.0 Å². The van der Waals surface area contributed by atoms with E-state index in [4.69, 9.17) is 10.2 Å². The molecule has 2 aromatic heterocycles. The molecule has 0 aliphatic carbocycles. The summed E-state index contributed by atoms with van der Waals surface area (Å²) in [6.45, 7) is 1.41. The highest BCUT2D eigenvalue weighted by Gasteiger charge is 2.22. The minimum atomic E-state index is -3.54. The maximum absolute atomic E-state index is 12.4. The normalized spacial score (nSPS) is 12.2. The minimum absolute atomic E-state index is 0.181. The molecule has 8 heteroatoms. The average molecular weight is 298 g/mol. The molecule has 0 atom stereocenters. The summed E-state index contributed by atoms with van der Waals surface area (Å²) in [4.78, 5) is 0.181. The Bertz CT molecular complexity index is 633. The number of sulfonamides is 1. The smallest absolute Gasteiger partial charge is 0.246 e. The standard InChI is InChI=1S/C12H18N4O3S/c1-15(8-11-3-6-19-10-11)20(17,18)12-7-14-16(9-12)5-2-4-13/h3,6-7,9-10H,2,4-5,8,13H2,1H3. The Hall–Kier alpha value is -1.64. The first-order valence-electron chi connectivity index (χ1n) is 6.24. The topological polar surface area (TPSA) is 94.4 Å². The van der Waals surface area contributed by atoms with Crippen molar-refractivity contribution in [2.75, 3.05) is 13.6 Å². The number of furan rings is 1. The second-order valence-corrected chi connectivity index (χ2v) is 6.52. The third kappa shape index (κ3) is 3.27. The van der Waals surface area contributed by atoms with Gasteiger partial charge in [-0.15, -0.1) is 0 Å². The van der Waals surface area contributed by atoms with Crippen LogP contribution < -0.4 is 5.73 Å². The number of rotatable bonds is 7. The second-order valence-electron chi connectivity index (χ2n) is 4.47. The largest absolute Gasteiger partial charge is 0.472 e. The van der Waals surface area contributed by atoms with E-state index in [9.17, 15) is 8.42 Å². The Kier molecular flexibility index (Phi) is 4.58. The number of nitrogens with two attached hydrogens (primary N) is 1. The molecule has 0 aliphatic heterocycles. The van der Waals surface area contributed by atoms with Gasteiger partial charge in [-0.1, -0.05) is 0 Å². The Labute approximate surface area is 118 Å². The molecule has 2 N–H and O–H groups in total. The Balaban J connectivity index is 2.10. The fraction of sp³-hybridized carbons (Fsp3) is 0.417. The van der Waals surface area contributed by atoms with Gasteiger partial charge in [0.15, 0.2) is 0 Å². The van der Waals surface area contributed by atoms with Crippen LogP contribution in [-0.2, 0) is 23.1 Å². The van der Waals surface area contributed by atoms with E-state index in [0.717, 1.165) is 12.0 Å². The van der Waals surface area contributed by atoms with Crippen LogP contribution >= 0.6 is 0 Å². The van der Waals surface area contributed by atoms with Crippen LogP contribution in [0.25, 0.3) is 0 Å². The van der Waals surface area contributed by atoms with Crippen LogP contribution in [-0.4, -0.2) is 36.1 Å². The summed E-state index contributed by atoms with van der Waals surface area (Å²) in [7, 11) is -2.01. The fourth-order valence-corrected chi connectivity index (χ4v) is 2.87. The van der Waals surface area contributed by atoms with Crippen molar-refractivity contribution in [2.24, 2.45) is 5.73 Å². The molecule has 0 unspecified atom stereocenters.